The molecule has 0 radical (unpaired) electrons. The van der Waals surface area contributed by atoms with Gasteiger partial charge in [0.25, 0.3) is 11.8 Å². The molecule has 1 aliphatic rings. The van der Waals surface area contributed by atoms with Gasteiger partial charge in [-0.05, 0) is 56.5 Å². The first-order chi connectivity index (χ1) is 14.7. The quantitative estimate of drug-likeness (QED) is 0.640. The number of hydrogen-bond donors (Lipinski definition) is 1. The summed E-state index contributed by atoms with van der Waals surface area (Å²) in [4.78, 5) is 45.1. The molecule has 0 aliphatic carbocycles. The molecule has 2 aromatic carbocycles. The van der Waals surface area contributed by atoms with Crippen molar-refractivity contribution < 1.29 is 14.4 Å². The van der Waals surface area contributed by atoms with Crippen LogP contribution in [-0.2, 0) is 4.79 Å². The van der Waals surface area contributed by atoms with E-state index < -0.39 is 23.8 Å². The number of aromatic nitrogens is 1. The van der Waals surface area contributed by atoms with Gasteiger partial charge in [0.05, 0.1) is 22.3 Å². The number of nitrogens with zero attached hydrogens (tertiary/aromatic N) is 2. The van der Waals surface area contributed by atoms with Gasteiger partial charge in [-0.3, -0.25) is 24.3 Å². The van der Waals surface area contributed by atoms with Crippen LogP contribution in [0.2, 0.25) is 0 Å². The Kier molecular flexibility index (Phi) is 5.09. The molecule has 3 amide bonds. The molecular weight excluding hydrogens is 390 g/mol. The van der Waals surface area contributed by atoms with Gasteiger partial charge in [0, 0.05) is 11.1 Å². The van der Waals surface area contributed by atoms with Crippen LogP contribution in [0.3, 0.4) is 0 Å². The fourth-order valence-corrected chi connectivity index (χ4v) is 4.30. The zero-order valence-electron chi connectivity index (χ0n) is 18.3. The molecule has 0 saturated heterocycles. The second kappa shape index (κ2) is 7.61. The number of fused-ring (bicyclic) bond motifs is 2. The Balaban J connectivity index is 1.74. The highest BCUT2D eigenvalue weighted by atomic mass is 16.2. The number of imide groups is 1. The van der Waals surface area contributed by atoms with Gasteiger partial charge >= 0.3 is 0 Å². The first-order valence-corrected chi connectivity index (χ1v) is 10.4. The number of amides is 3. The summed E-state index contributed by atoms with van der Waals surface area (Å²) in [6.45, 7) is 9.52. The molecule has 158 valence electrons. The third-order valence-electron chi connectivity index (χ3n) is 5.64. The van der Waals surface area contributed by atoms with Crippen LogP contribution >= 0.6 is 0 Å². The van der Waals surface area contributed by atoms with E-state index >= 15 is 0 Å². The zero-order valence-corrected chi connectivity index (χ0v) is 18.3. The van der Waals surface area contributed by atoms with Crippen molar-refractivity contribution >= 4 is 34.3 Å². The van der Waals surface area contributed by atoms with Crippen LogP contribution in [0.4, 0.5) is 5.69 Å². The Morgan fingerprint density at radius 1 is 0.968 bits per heavy atom. The molecule has 6 heteroatoms. The van der Waals surface area contributed by atoms with Crippen molar-refractivity contribution in [3.63, 3.8) is 0 Å². The Labute approximate surface area is 181 Å². The summed E-state index contributed by atoms with van der Waals surface area (Å²) in [6.07, 6.45) is 0. The van der Waals surface area contributed by atoms with E-state index in [0.717, 1.165) is 32.6 Å². The molecule has 1 aliphatic heterocycles. The summed E-state index contributed by atoms with van der Waals surface area (Å²) in [7, 11) is 0. The van der Waals surface area contributed by atoms with Crippen molar-refractivity contribution in [3.05, 3.63) is 70.4 Å². The predicted molar refractivity (Wildman–Crippen MR) is 120 cm³/mol. The van der Waals surface area contributed by atoms with Gasteiger partial charge in [-0.15, -0.1) is 0 Å². The van der Waals surface area contributed by atoms with E-state index in [2.05, 4.69) is 16.4 Å². The lowest BCUT2D eigenvalue weighted by atomic mass is 10.0. The highest BCUT2D eigenvalue weighted by molar-refractivity contribution is 6.23. The van der Waals surface area contributed by atoms with E-state index in [-0.39, 0.29) is 5.92 Å². The largest absolute Gasteiger partial charge is 0.324 e. The molecule has 0 spiro atoms. The molecule has 1 atom stereocenters. The summed E-state index contributed by atoms with van der Waals surface area (Å²) in [6, 6.07) is 11.6. The molecule has 3 aromatic rings. The van der Waals surface area contributed by atoms with Crippen molar-refractivity contribution in [1.82, 2.24) is 9.88 Å². The van der Waals surface area contributed by atoms with Gasteiger partial charge in [0.1, 0.15) is 6.04 Å². The Morgan fingerprint density at radius 2 is 1.58 bits per heavy atom. The summed E-state index contributed by atoms with van der Waals surface area (Å²) < 4.78 is 0. The number of rotatable bonds is 4. The summed E-state index contributed by atoms with van der Waals surface area (Å²) in [5, 5.41) is 3.82. The van der Waals surface area contributed by atoms with Crippen LogP contribution in [0.25, 0.3) is 10.9 Å². The summed E-state index contributed by atoms with van der Waals surface area (Å²) in [5.41, 5.74) is 4.98. The third kappa shape index (κ3) is 3.48. The van der Waals surface area contributed by atoms with E-state index in [1.807, 2.05) is 46.8 Å². The normalized spacial score (nSPS) is 14.3. The van der Waals surface area contributed by atoms with Gasteiger partial charge < -0.3 is 5.32 Å². The Morgan fingerprint density at radius 3 is 2.16 bits per heavy atom. The lowest BCUT2D eigenvalue weighted by Gasteiger charge is -2.28. The number of hydrogen-bond acceptors (Lipinski definition) is 4. The standard InChI is InChI=1S/C25H25N3O3/c1-13(2)22(28-24(30)17-8-6-7-9-18(17)25(28)31)23(29)27-20-12-16(5)26-21-15(4)10-14(3)11-19(20)21/h6-13,22H,1-5H3,(H,26,27,29). The van der Waals surface area contributed by atoms with E-state index in [1.165, 1.54) is 0 Å². The number of carbonyl (C=O) groups is 3. The van der Waals surface area contributed by atoms with Gasteiger partial charge in [0.15, 0.2) is 0 Å². The number of benzene rings is 2. The van der Waals surface area contributed by atoms with Crippen molar-refractivity contribution in [2.45, 2.75) is 40.7 Å². The number of pyridine rings is 1. The lowest BCUT2D eigenvalue weighted by molar-refractivity contribution is -0.121. The molecule has 31 heavy (non-hydrogen) atoms. The molecule has 4 rings (SSSR count). The number of aryl methyl sites for hydroxylation is 3. The highest BCUT2D eigenvalue weighted by Gasteiger charge is 2.44. The molecular formula is C25H25N3O3. The van der Waals surface area contributed by atoms with Gasteiger partial charge in [-0.25, -0.2) is 0 Å². The predicted octanol–water partition coefficient (Wildman–Crippen LogP) is 4.42. The molecule has 2 heterocycles. The molecule has 0 saturated carbocycles. The fourth-order valence-electron chi connectivity index (χ4n) is 4.30. The van der Waals surface area contributed by atoms with Crippen molar-refractivity contribution in [2.24, 2.45) is 5.92 Å². The molecule has 1 aromatic heterocycles. The van der Waals surface area contributed by atoms with Crippen molar-refractivity contribution in [1.29, 1.82) is 0 Å². The SMILES string of the molecule is Cc1cc(C)c2nc(C)cc(NC(=O)C(C(C)C)N3C(=O)c4ccccc4C3=O)c2c1. The molecule has 1 unspecified atom stereocenters. The molecule has 1 N–H and O–H groups in total. The Hall–Kier alpha value is -3.54. The minimum Gasteiger partial charge on any atom is -0.324 e. The van der Waals surface area contributed by atoms with Crippen LogP contribution in [0, 0.1) is 26.7 Å². The zero-order chi connectivity index (χ0) is 22.4. The molecule has 0 bridgehead atoms. The first kappa shape index (κ1) is 20.7. The number of anilines is 1. The van der Waals surface area contributed by atoms with Crippen LogP contribution in [-0.4, -0.2) is 33.6 Å². The van der Waals surface area contributed by atoms with Crippen LogP contribution in [0.1, 0.15) is 51.4 Å². The third-order valence-corrected chi connectivity index (χ3v) is 5.64. The summed E-state index contributed by atoms with van der Waals surface area (Å²) >= 11 is 0. The molecule has 0 fully saturated rings. The number of carbonyl (C=O) groups excluding carboxylic acids is 3. The van der Waals surface area contributed by atoms with E-state index in [9.17, 15) is 14.4 Å². The first-order valence-electron chi connectivity index (χ1n) is 10.4. The van der Waals surface area contributed by atoms with Crippen molar-refractivity contribution in [2.75, 3.05) is 5.32 Å². The summed E-state index contributed by atoms with van der Waals surface area (Å²) in [5.74, 6) is -1.52. The van der Waals surface area contributed by atoms with Crippen molar-refractivity contribution in [3.8, 4) is 0 Å². The lowest BCUT2D eigenvalue weighted by Crippen LogP contribution is -2.50. The Bertz CT molecular complexity index is 1210. The minimum absolute atomic E-state index is 0.264. The van der Waals surface area contributed by atoms with Gasteiger partial charge in [-0.1, -0.05) is 37.6 Å². The average Bonchev–Trinajstić information content (AvgIpc) is 2.94. The smallest absolute Gasteiger partial charge is 0.262 e. The van der Waals surface area contributed by atoms with Gasteiger partial charge in [0.2, 0.25) is 5.91 Å². The molecule has 6 nitrogen and oxygen atoms in total. The second-order valence-electron chi connectivity index (χ2n) is 8.49. The van der Waals surface area contributed by atoms with Crippen LogP contribution in [0.5, 0.6) is 0 Å². The fraction of sp³-hybridized carbons (Fsp3) is 0.280. The topological polar surface area (TPSA) is 79.4 Å². The van der Waals surface area contributed by atoms with Crippen LogP contribution in [0.15, 0.2) is 42.5 Å². The van der Waals surface area contributed by atoms with E-state index in [1.54, 1.807) is 24.3 Å². The average molecular weight is 415 g/mol. The van der Waals surface area contributed by atoms with Crippen LogP contribution < -0.4 is 5.32 Å². The monoisotopic (exact) mass is 415 g/mol. The maximum Gasteiger partial charge on any atom is 0.262 e. The second-order valence-corrected chi connectivity index (χ2v) is 8.49. The van der Waals surface area contributed by atoms with Gasteiger partial charge in [-0.2, -0.15) is 0 Å². The van der Waals surface area contributed by atoms with E-state index in [0.29, 0.717) is 16.8 Å². The highest BCUT2D eigenvalue weighted by Crippen LogP contribution is 2.30. The maximum absolute atomic E-state index is 13.4. The van der Waals surface area contributed by atoms with E-state index in [4.69, 9.17) is 0 Å². The number of nitrogens with one attached hydrogen (secondary N) is 1. The minimum atomic E-state index is -0.929. The maximum atomic E-state index is 13.4.